The molecule has 0 saturated heterocycles. The summed E-state index contributed by atoms with van der Waals surface area (Å²) in [6.45, 7) is 6.66. The lowest BCUT2D eigenvalue weighted by Crippen LogP contribution is -2.31. The van der Waals surface area contributed by atoms with E-state index >= 15 is 0 Å². The fourth-order valence-electron chi connectivity index (χ4n) is 1.97. The van der Waals surface area contributed by atoms with Crippen molar-refractivity contribution in [2.45, 2.75) is 13.1 Å². The molecule has 0 aliphatic carbocycles. The lowest BCUT2D eigenvalue weighted by molar-refractivity contribution is 0.0262. The summed E-state index contributed by atoms with van der Waals surface area (Å²) in [5.74, 6) is 0. The van der Waals surface area contributed by atoms with Gasteiger partial charge in [-0.15, -0.1) is 22.7 Å². The minimum Gasteiger partial charge on any atom is -0.447 e. The van der Waals surface area contributed by atoms with Crippen molar-refractivity contribution < 1.29 is 19.0 Å². The topological polar surface area (TPSA) is 48.0 Å². The molecular formula is C17H22NO4S2. The van der Waals surface area contributed by atoms with Crippen LogP contribution in [0.4, 0.5) is 4.79 Å². The normalized spacial score (nSPS) is 10.7. The van der Waals surface area contributed by atoms with Crippen LogP contribution in [0.15, 0.2) is 35.0 Å². The van der Waals surface area contributed by atoms with E-state index in [1.54, 1.807) is 27.6 Å². The third kappa shape index (κ3) is 7.00. The van der Waals surface area contributed by atoms with Crippen LogP contribution in [0.3, 0.4) is 0 Å². The van der Waals surface area contributed by atoms with Gasteiger partial charge in [0.05, 0.1) is 32.9 Å². The zero-order chi connectivity index (χ0) is 17.0. The van der Waals surface area contributed by atoms with E-state index in [1.807, 2.05) is 35.0 Å². The molecule has 0 aliphatic heterocycles. The summed E-state index contributed by atoms with van der Waals surface area (Å²) in [7, 11) is 0. The van der Waals surface area contributed by atoms with Crippen LogP contribution < -0.4 is 0 Å². The van der Waals surface area contributed by atoms with Gasteiger partial charge in [0.1, 0.15) is 6.61 Å². The van der Waals surface area contributed by atoms with Crippen LogP contribution in [0.25, 0.3) is 0 Å². The van der Waals surface area contributed by atoms with Gasteiger partial charge in [-0.25, -0.2) is 4.79 Å². The summed E-state index contributed by atoms with van der Waals surface area (Å²) in [6.07, 6.45) is -0.325. The van der Waals surface area contributed by atoms with Gasteiger partial charge in [0.2, 0.25) is 0 Å². The molecule has 1 amide bonds. The zero-order valence-electron chi connectivity index (χ0n) is 13.5. The highest BCUT2D eigenvalue weighted by molar-refractivity contribution is 7.10. The predicted octanol–water partition coefficient (Wildman–Crippen LogP) is 3.82. The highest BCUT2D eigenvalue weighted by Gasteiger charge is 2.17. The van der Waals surface area contributed by atoms with Gasteiger partial charge < -0.3 is 14.2 Å². The van der Waals surface area contributed by atoms with Crippen molar-refractivity contribution in [3.8, 4) is 0 Å². The van der Waals surface area contributed by atoms with Crippen molar-refractivity contribution in [2.75, 3.05) is 33.0 Å². The van der Waals surface area contributed by atoms with Gasteiger partial charge in [-0.3, -0.25) is 4.90 Å². The fourth-order valence-corrected chi connectivity index (χ4v) is 3.41. The summed E-state index contributed by atoms with van der Waals surface area (Å²) in [6, 6.07) is 8.00. The Morgan fingerprint density at radius 3 is 2.08 bits per heavy atom. The molecule has 131 valence electrons. The largest absolute Gasteiger partial charge is 0.447 e. The lowest BCUT2D eigenvalue weighted by atomic mass is 10.4. The Labute approximate surface area is 150 Å². The summed E-state index contributed by atoms with van der Waals surface area (Å²) in [5.41, 5.74) is 0. The highest BCUT2D eigenvalue weighted by Crippen LogP contribution is 2.17. The summed E-state index contributed by atoms with van der Waals surface area (Å²) in [5, 5.41) is 4.01. The first-order valence-corrected chi connectivity index (χ1v) is 9.46. The van der Waals surface area contributed by atoms with Crippen LogP contribution >= 0.6 is 22.7 Å². The van der Waals surface area contributed by atoms with Crippen molar-refractivity contribution in [2.24, 2.45) is 0 Å². The summed E-state index contributed by atoms with van der Waals surface area (Å²) in [4.78, 5) is 16.3. The second-order valence-electron chi connectivity index (χ2n) is 4.85. The van der Waals surface area contributed by atoms with Crippen LogP contribution in [-0.2, 0) is 27.3 Å². The Bertz CT molecular complexity index is 521. The number of thiophene rings is 2. The van der Waals surface area contributed by atoms with E-state index in [1.165, 1.54) is 0 Å². The maximum Gasteiger partial charge on any atom is 0.410 e. The molecule has 2 rings (SSSR count). The molecule has 0 fully saturated rings. The maximum absolute atomic E-state index is 12.4. The number of hydrogen-bond donors (Lipinski definition) is 0. The first-order chi connectivity index (χ1) is 11.8. The maximum atomic E-state index is 12.4. The van der Waals surface area contributed by atoms with Crippen molar-refractivity contribution >= 4 is 28.8 Å². The van der Waals surface area contributed by atoms with Crippen molar-refractivity contribution in [1.82, 2.24) is 4.90 Å². The van der Waals surface area contributed by atoms with Crippen LogP contribution in [0.5, 0.6) is 0 Å². The molecule has 0 bridgehead atoms. The van der Waals surface area contributed by atoms with E-state index in [0.717, 1.165) is 9.75 Å². The van der Waals surface area contributed by atoms with Crippen LogP contribution in [0.1, 0.15) is 9.75 Å². The SMILES string of the molecule is [CH2]COCCOCCOC(=O)N(Cc1cccs1)Cc1cccs1. The molecule has 0 aromatic carbocycles. The Morgan fingerprint density at radius 2 is 1.54 bits per heavy atom. The summed E-state index contributed by atoms with van der Waals surface area (Å²) < 4.78 is 15.7. The van der Waals surface area contributed by atoms with Crippen molar-refractivity contribution in [3.05, 3.63) is 51.7 Å². The van der Waals surface area contributed by atoms with Gasteiger partial charge in [0.25, 0.3) is 0 Å². The molecule has 0 spiro atoms. The van der Waals surface area contributed by atoms with Crippen LogP contribution in [0.2, 0.25) is 0 Å². The third-order valence-electron chi connectivity index (χ3n) is 3.08. The second-order valence-corrected chi connectivity index (χ2v) is 6.92. The molecule has 7 heteroatoms. The van der Waals surface area contributed by atoms with E-state index in [-0.39, 0.29) is 12.7 Å². The average Bonchev–Trinajstić information content (AvgIpc) is 3.27. The van der Waals surface area contributed by atoms with E-state index in [4.69, 9.17) is 14.2 Å². The average molecular weight is 369 g/mol. The molecule has 2 aromatic rings. The molecule has 0 saturated carbocycles. The number of carbonyl (C=O) groups excluding carboxylic acids is 1. The van der Waals surface area contributed by atoms with Gasteiger partial charge in [-0.2, -0.15) is 0 Å². The zero-order valence-corrected chi connectivity index (χ0v) is 15.2. The Morgan fingerprint density at radius 1 is 0.958 bits per heavy atom. The van der Waals surface area contributed by atoms with Gasteiger partial charge in [-0.05, 0) is 29.8 Å². The molecule has 0 atom stereocenters. The molecule has 1 radical (unpaired) electrons. The standard InChI is InChI=1S/C17H22NO4S2/c1-2-20-7-8-21-9-10-22-17(19)18(13-15-5-3-11-23-15)14-16-6-4-12-24-16/h3-6,11-12H,1-2,7-10,13-14H2. The van der Waals surface area contributed by atoms with E-state index < -0.39 is 0 Å². The highest BCUT2D eigenvalue weighted by atomic mass is 32.1. The van der Waals surface area contributed by atoms with E-state index in [9.17, 15) is 4.79 Å². The Kier molecular flexibility index (Phi) is 8.83. The molecule has 2 aromatic heterocycles. The van der Waals surface area contributed by atoms with Gasteiger partial charge in [0, 0.05) is 16.4 Å². The molecule has 0 unspecified atom stereocenters. The minimum atomic E-state index is -0.325. The number of nitrogens with zero attached hydrogens (tertiary/aromatic N) is 1. The van der Waals surface area contributed by atoms with Crippen LogP contribution in [-0.4, -0.2) is 44.0 Å². The summed E-state index contributed by atoms with van der Waals surface area (Å²) >= 11 is 3.26. The molecule has 5 nitrogen and oxygen atoms in total. The fraction of sp³-hybridized carbons (Fsp3) is 0.412. The molecule has 0 aliphatic rings. The number of hydrogen-bond acceptors (Lipinski definition) is 6. The van der Waals surface area contributed by atoms with Crippen LogP contribution in [0, 0.1) is 6.92 Å². The lowest BCUT2D eigenvalue weighted by Gasteiger charge is -2.21. The first kappa shape index (κ1) is 18.9. The quantitative estimate of drug-likeness (QED) is 0.566. The minimum absolute atomic E-state index is 0.231. The van der Waals surface area contributed by atoms with Gasteiger partial charge in [-0.1, -0.05) is 12.1 Å². The van der Waals surface area contributed by atoms with Gasteiger partial charge >= 0.3 is 6.09 Å². The number of carbonyl (C=O) groups is 1. The number of ether oxygens (including phenoxy) is 3. The van der Waals surface area contributed by atoms with Gasteiger partial charge in [0.15, 0.2) is 0 Å². The molecule has 0 N–H and O–H groups in total. The number of rotatable bonds is 11. The number of amides is 1. The molecule has 2 heterocycles. The second kappa shape index (κ2) is 11.2. The van der Waals surface area contributed by atoms with Crippen molar-refractivity contribution in [1.29, 1.82) is 0 Å². The third-order valence-corrected chi connectivity index (χ3v) is 4.80. The van der Waals surface area contributed by atoms with Crippen molar-refractivity contribution in [3.63, 3.8) is 0 Å². The monoisotopic (exact) mass is 368 g/mol. The molecular weight excluding hydrogens is 346 g/mol. The smallest absolute Gasteiger partial charge is 0.410 e. The van der Waals surface area contributed by atoms with E-state index in [0.29, 0.717) is 39.5 Å². The first-order valence-electron chi connectivity index (χ1n) is 7.71. The molecule has 24 heavy (non-hydrogen) atoms. The van der Waals surface area contributed by atoms with E-state index in [2.05, 4.69) is 6.92 Å². The Balaban J connectivity index is 1.76. The Hall–Kier alpha value is -1.41. The predicted molar refractivity (Wildman–Crippen MR) is 96.2 cm³/mol.